The van der Waals surface area contributed by atoms with Crippen LogP contribution >= 0.6 is 11.3 Å². The summed E-state index contributed by atoms with van der Waals surface area (Å²) < 4.78 is 15.3. The molecule has 1 N–H and O–H groups in total. The second kappa shape index (κ2) is 9.23. The maximum atomic E-state index is 13.8. The lowest BCUT2D eigenvalue weighted by Gasteiger charge is -2.14. The summed E-state index contributed by atoms with van der Waals surface area (Å²) in [6.07, 6.45) is 1.19. The predicted molar refractivity (Wildman–Crippen MR) is 135 cm³/mol. The molecule has 2 aromatic heterocycles. The molecule has 0 saturated carbocycles. The number of hydrogen-bond acceptors (Lipinski definition) is 4. The van der Waals surface area contributed by atoms with E-state index in [1.54, 1.807) is 28.8 Å². The van der Waals surface area contributed by atoms with Gasteiger partial charge in [0, 0.05) is 17.8 Å². The molecule has 0 amide bonds. The lowest BCUT2D eigenvalue weighted by Crippen LogP contribution is -2.24. The summed E-state index contributed by atoms with van der Waals surface area (Å²) in [5, 5.41) is 11.1. The molecule has 0 fully saturated rings. The third-order valence-electron chi connectivity index (χ3n) is 6.01. The number of thiophene rings is 1. The summed E-state index contributed by atoms with van der Waals surface area (Å²) in [6, 6.07) is 23.4. The summed E-state index contributed by atoms with van der Waals surface area (Å²) in [7, 11) is 0. The van der Waals surface area contributed by atoms with Crippen LogP contribution in [0.15, 0.2) is 83.7 Å². The number of aromatic nitrogens is 2. The average Bonchev–Trinajstić information content (AvgIpc) is 3.14. The quantitative estimate of drug-likeness (QED) is 0.326. The van der Waals surface area contributed by atoms with Gasteiger partial charge in [0.2, 0.25) is 0 Å². The molecule has 0 saturated heterocycles. The van der Waals surface area contributed by atoms with Crippen LogP contribution in [0, 0.1) is 12.7 Å². The Hall–Kier alpha value is -3.77. The van der Waals surface area contributed by atoms with Gasteiger partial charge >= 0.3 is 0 Å². The van der Waals surface area contributed by atoms with Crippen LogP contribution in [-0.4, -0.2) is 14.7 Å². The molecular weight excluding hydrogens is 447 g/mol. The number of para-hydroxylation sites is 1. The number of halogens is 1. The molecular formula is C28H23FN2O2S. The molecule has 0 spiro atoms. The largest absolute Gasteiger partial charge is 0.507 e. The van der Waals surface area contributed by atoms with Crippen LogP contribution in [0.1, 0.15) is 21.6 Å². The Kier molecular flexibility index (Phi) is 5.99. The van der Waals surface area contributed by atoms with Crippen LogP contribution in [0.3, 0.4) is 0 Å². The van der Waals surface area contributed by atoms with E-state index in [2.05, 4.69) is 12.1 Å². The topological polar surface area (TPSA) is 55.1 Å². The second-order valence-corrected chi connectivity index (χ2v) is 9.37. The van der Waals surface area contributed by atoms with Crippen molar-refractivity contribution in [1.82, 2.24) is 9.55 Å². The lowest BCUT2D eigenvalue weighted by atomic mass is 10.1. The van der Waals surface area contributed by atoms with Crippen molar-refractivity contribution >= 4 is 21.6 Å². The van der Waals surface area contributed by atoms with Gasteiger partial charge < -0.3 is 5.11 Å². The van der Waals surface area contributed by atoms with Crippen LogP contribution in [0.5, 0.6) is 5.75 Å². The first-order chi connectivity index (χ1) is 16.5. The molecule has 3 aromatic carbocycles. The minimum Gasteiger partial charge on any atom is -0.507 e. The normalized spacial score (nSPS) is 11.2. The van der Waals surface area contributed by atoms with Crippen LogP contribution in [0.25, 0.3) is 21.6 Å². The third kappa shape index (κ3) is 4.24. The minimum absolute atomic E-state index is 0.0612. The first-order valence-electron chi connectivity index (χ1n) is 11.1. The van der Waals surface area contributed by atoms with Crippen LogP contribution in [0.4, 0.5) is 4.39 Å². The Morgan fingerprint density at radius 3 is 2.47 bits per heavy atom. The molecule has 0 aliphatic rings. The van der Waals surface area contributed by atoms with Crippen molar-refractivity contribution in [1.29, 1.82) is 0 Å². The Balaban J connectivity index is 1.65. The van der Waals surface area contributed by atoms with Crippen molar-refractivity contribution in [2.24, 2.45) is 0 Å². The Morgan fingerprint density at radius 1 is 0.971 bits per heavy atom. The van der Waals surface area contributed by atoms with E-state index < -0.39 is 0 Å². The molecule has 170 valence electrons. The first-order valence-corrected chi connectivity index (χ1v) is 11.9. The molecule has 2 heterocycles. The van der Waals surface area contributed by atoms with Gasteiger partial charge in [-0.25, -0.2) is 9.37 Å². The molecule has 0 atom stereocenters. The molecule has 5 rings (SSSR count). The van der Waals surface area contributed by atoms with Gasteiger partial charge in [-0.15, -0.1) is 11.3 Å². The maximum Gasteiger partial charge on any atom is 0.262 e. The monoisotopic (exact) mass is 470 g/mol. The van der Waals surface area contributed by atoms with E-state index in [0.717, 1.165) is 22.4 Å². The van der Waals surface area contributed by atoms with Gasteiger partial charge in [-0.3, -0.25) is 9.36 Å². The number of fused-ring (bicyclic) bond motifs is 1. The maximum absolute atomic E-state index is 13.8. The van der Waals surface area contributed by atoms with Crippen LogP contribution < -0.4 is 5.56 Å². The predicted octanol–water partition coefficient (Wildman–Crippen LogP) is 6.11. The SMILES string of the molecule is Cc1c(Cc2ccccc2)sc2nc(-c3ccccc3O)n(CCc3cccc(F)c3)c(=O)c12. The minimum atomic E-state index is -0.307. The van der Waals surface area contributed by atoms with Crippen molar-refractivity contribution < 1.29 is 9.50 Å². The molecule has 0 radical (unpaired) electrons. The summed E-state index contributed by atoms with van der Waals surface area (Å²) >= 11 is 1.52. The average molecular weight is 471 g/mol. The molecule has 0 bridgehead atoms. The standard InChI is InChI=1S/C28H23FN2O2S/c1-18-24(17-19-8-3-2-4-9-19)34-27-25(18)28(33)31(15-14-20-10-7-11-21(29)16-20)26(30-27)22-12-5-6-13-23(22)32/h2-13,16,32H,14-15,17H2,1H3. The Bertz CT molecular complexity index is 1540. The lowest BCUT2D eigenvalue weighted by molar-refractivity contribution is 0.476. The first kappa shape index (κ1) is 22.0. The molecule has 34 heavy (non-hydrogen) atoms. The highest BCUT2D eigenvalue weighted by Gasteiger charge is 2.20. The van der Waals surface area contributed by atoms with Crippen molar-refractivity contribution in [3.8, 4) is 17.1 Å². The zero-order valence-electron chi connectivity index (χ0n) is 18.7. The third-order valence-corrected chi connectivity index (χ3v) is 7.20. The van der Waals surface area contributed by atoms with E-state index in [1.165, 1.54) is 29.0 Å². The highest BCUT2D eigenvalue weighted by molar-refractivity contribution is 7.18. The van der Waals surface area contributed by atoms with E-state index in [-0.39, 0.29) is 17.1 Å². The summed E-state index contributed by atoms with van der Waals surface area (Å²) in [4.78, 5) is 20.4. The van der Waals surface area contributed by atoms with Crippen molar-refractivity contribution in [3.05, 3.63) is 117 Å². The van der Waals surface area contributed by atoms with Crippen LogP contribution in [-0.2, 0) is 19.4 Å². The molecule has 0 unspecified atom stereocenters. The molecule has 6 heteroatoms. The zero-order valence-corrected chi connectivity index (χ0v) is 19.5. The van der Waals surface area contributed by atoms with E-state index in [1.807, 2.05) is 37.3 Å². The van der Waals surface area contributed by atoms with Gasteiger partial charge in [0.1, 0.15) is 22.2 Å². The van der Waals surface area contributed by atoms with Crippen molar-refractivity contribution in [2.45, 2.75) is 26.3 Å². The summed E-state index contributed by atoms with van der Waals surface area (Å²) in [5.41, 5.74) is 3.25. The van der Waals surface area contributed by atoms with Gasteiger partial charge in [-0.2, -0.15) is 0 Å². The number of aryl methyl sites for hydroxylation is 2. The van der Waals surface area contributed by atoms with Gasteiger partial charge in [0.15, 0.2) is 0 Å². The fraction of sp³-hybridized carbons (Fsp3) is 0.143. The summed E-state index contributed by atoms with van der Waals surface area (Å²) in [6.45, 7) is 2.29. The highest BCUT2D eigenvalue weighted by Crippen LogP contribution is 2.33. The Morgan fingerprint density at radius 2 is 1.71 bits per heavy atom. The van der Waals surface area contributed by atoms with E-state index >= 15 is 0 Å². The number of aromatic hydroxyl groups is 1. The van der Waals surface area contributed by atoms with Crippen LogP contribution in [0.2, 0.25) is 0 Å². The number of benzene rings is 3. The molecule has 0 aliphatic carbocycles. The van der Waals surface area contributed by atoms with Crippen molar-refractivity contribution in [2.75, 3.05) is 0 Å². The van der Waals surface area contributed by atoms with Gasteiger partial charge in [0.25, 0.3) is 5.56 Å². The van der Waals surface area contributed by atoms with Gasteiger partial charge in [0.05, 0.1) is 10.9 Å². The molecule has 4 nitrogen and oxygen atoms in total. The molecule has 0 aliphatic heterocycles. The fourth-order valence-corrected chi connectivity index (χ4v) is 5.42. The van der Waals surface area contributed by atoms with E-state index in [4.69, 9.17) is 4.98 Å². The highest BCUT2D eigenvalue weighted by atomic mass is 32.1. The smallest absolute Gasteiger partial charge is 0.262 e. The zero-order chi connectivity index (χ0) is 23.7. The fourth-order valence-electron chi connectivity index (χ4n) is 4.22. The van der Waals surface area contributed by atoms with E-state index in [9.17, 15) is 14.3 Å². The number of nitrogens with zero attached hydrogens (tertiary/aromatic N) is 2. The number of phenols is 1. The Labute approximate surface area is 200 Å². The number of rotatable bonds is 6. The van der Waals surface area contributed by atoms with Crippen molar-refractivity contribution in [3.63, 3.8) is 0 Å². The van der Waals surface area contributed by atoms with Gasteiger partial charge in [-0.05, 0) is 54.3 Å². The summed E-state index contributed by atoms with van der Waals surface area (Å²) in [5.74, 6) is 0.171. The molecule has 5 aromatic rings. The van der Waals surface area contributed by atoms with Gasteiger partial charge in [-0.1, -0.05) is 54.6 Å². The van der Waals surface area contributed by atoms with E-state index in [0.29, 0.717) is 34.6 Å². The second-order valence-electron chi connectivity index (χ2n) is 8.28. The number of hydrogen-bond donors (Lipinski definition) is 1. The number of phenolic OH excluding ortho intramolecular Hbond substituents is 1.